The van der Waals surface area contributed by atoms with Gasteiger partial charge in [0.15, 0.2) is 5.54 Å². The molecule has 2 heterocycles. The van der Waals surface area contributed by atoms with Crippen molar-refractivity contribution in [2.24, 2.45) is 4.99 Å². The summed E-state index contributed by atoms with van der Waals surface area (Å²) in [5, 5.41) is 11.6. The Morgan fingerprint density at radius 1 is 1.28 bits per heavy atom. The molecule has 2 aromatic carbocycles. The molecule has 7 heteroatoms. The number of halogens is 1. The molecule has 1 unspecified atom stereocenters. The molecule has 29 heavy (non-hydrogen) atoms. The van der Waals surface area contributed by atoms with Crippen molar-refractivity contribution in [3.05, 3.63) is 65.6 Å². The minimum atomic E-state index is -1.19. The van der Waals surface area contributed by atoms with Crippen LogP contribution in [0.15, 0.2) is 58.4 Å². The standard InChI is InChI=1S/C22H21FN2O2S2/c1-2-14-3-7-18(8-4-14)28-12-20-25-22(13-29-20,21(26)27)11-17-9-15-5-6-16(23)10-19(15)24-17/h3-10,24H,2,11-13H2,1H3,(H,26,27). The third-order valence-corrected chi connectivity index (χ3v) is 7.43. The fourth-order valence-electron chi connectivity index (χ4n) is 3.39. The minimum absolute atomic E-state index is 0.255. The van der Waals surface area contributed by atoms with Crippen LogP contribution in [0.3, 0.4) is 0 Å². The number of nitrogens with zero attached hydrogens (tertiary/aromatic N) is 1. The second-order valence-electron chi connectivity index (χ2n) is 7.12. The molecule has 0 fully saturated rings. The highest BCUT2D eigenvalue weighted by Crippen LogP contribution is 2.34. The zero-order chi connectivity index (χ0) is 20.4. The number of carboxylic acids is 1. The van der Waals surface area contributed by atoms with Gasteiger partial charge >= 0.3 is 5.97 Å². The molecule has 3 aromatic rings. The van der Waals surface area contributed by atoms with Crippen molar-refractivity contribution < 1.29 is 14.3 Å². The highest BCUT2D eigenvalue weighted by atomic mass is 32.2. The monoisotopic (exact) mass is 428 g/mol. The second-order valence-corrected chi connectivity index (χ2v) is 9.22. The van der Waals surface area contributed by atoms with Crippen molar-refractivity contribution in [2.45, 2.75) is 30.2 Å². The van der Waals surface area contributed by atoms with E-state index >= 15 is 0 Å². The van der Waals surface area contributed by atoms with Gasteiger partial charge in [0.2, 0.25) is 0 Å². The number of thioether (sulfide) groups is 2. The number of nitrogens with one attached hydrogen (secondary N) is 1. The van der Waals surface area contributed by atoms with Gasteiger partial charge in [-0.1, -0.05) is 19.1 Å². The molecular weight excluding hydrogens is 407 g/mol. The molecule has 4 rings (SSSR count). The molecule has 1 aliphatic heterocycles. The normalized spacial score (nSPS) is 18.9. The van der Waals surface area contributed by atoms with Gasteiger partial charge < -0.3 is 10.1 Å². The summed E-state index contributed by atoms with van der Waals surface area (Å²) in [6.45, 7) is 2.13. The number of fused-ring (bicyclic) bond motifs is 1. The van der Waals surface area contributed by atoms with E-state index in [0.29, 0.717) is 17.0 Å². The Hall–Kier alpha value is -2.25. The lowest BCUT2D eigenvalue weighted by Crippen LogP contribution is -2.39. The van der Waals surface area contributed by atoms with E-state index in [4.69, 9.17) is 0 Å². The number of aromatic nitrogens is 1. The summed E-state index contributed by atoms with van der Waals surface area (Å²) in [7, 11) is 0. The van der Waals surface area contributed by atoms with E-state index in [9.17, 15) is 14.3 Å². The van der Waals surface area contributed by atoms with Crippen molar-refractivity contribution in [3.63, 3.8) is 0 Å². The molecule has 4 nitrogen and oxygen atoms in total. The van der Waals surface area contributed by atoms with E-state index in [1.54, 1.807) is 17.8 Å². The number of aliphatic imine (C=N–C) groups is 1. The molecule has 0 saturated carbocycles. The highest BCUT2D eigenvalue weighted by Gasteiger charge is 2.43. The maximum Gasteiger partial charge on any atom is 0.332 e. The molecule has 150 valence electrons. The zero-order valence-electron chi connectivity index (χ0n) is 15.9. The molecule has 0 bridgehead atoms. The first-order valence-electron chi connectivity index (χ1n) is 9.41. The number of aryl methyl sites for hydroxylation is 1. The van der Waals surface area contributed by atoms with Crippen LogP contribution >= 0.6 is 23.5 Å². The lowest BCUT2D eigenvalue weighted by Gasteiger charge is -2.19. The van der Waals surface area contributed by atoms with Crippen LogP contribution in [0, 0.1) is 5.82 Å². The van der Waals surface area contributed by atoms with Gasteiger partial charge in [0.05, 0.1) is 5.04 Å². The number of aliphatic carboxylic acids is 1. The summed E-state index contributed by atoms with van der Waals surface area (Å²) in [5.41, 5.74) is 1.53. The van der Waals surface area contributed by atoms with Crippen molar-refractivity contribution in [2.75, 3.05) is 11.5 Å². The minimum Gasteiger partial charge on any atom is -0.479 e. The van der Waals surface area contributed by atoms with E-state index in [0.717, 1.165) is 27.4 Å². The largest absolute Gasteiger partial charge is 0.479 e. The van der Waals surface area contributed by atoms with E-state index < -0.39 is 11.5 Å². The van der Waals surface area contributed by atoms with Crippen LogP contribution in [0.4, 0.5) is 4.39 Å². The molecule has 1 aromatic heterocycles. The number of carboxylic acid groups (broad SMARTS) is 1. The Morgan fingerprint density at radius 2 is 2.07 bits per heavy atom. The quantitative estimate of drug-likeness (QED) is 0.510. The maximum absolute atomic E-state index is 13.4. The molecule has 0 radical (unpaired) electrons. The molecule has 1 aliphatic rings. The Balaban J connectivity index is 1.50. The van der Waals surface area contributed by atoms with Crippen LogP contribution in [0.25, 0.3) is 10.9 Å². The van der Waals surface area contributed by atoms with Crippen molar-refractivity contribution in [1.82, 2.24) is 4.98 Å². The van der Waals surface area contributed by atoms with Crippen molar-refractivity contribution in [3.8, 4) is 0 Å². The third kappa shape index (κ3) is 4.36. The topological polar surface area (TPSA) is 65.5 Å². The van der Waals surface area contributed by atoms with Crippen LogP contribution in [0.2, 0.25) is 0 Å². The van der Waals surface area contributed by atoms with Crippen molar-refractivity contribution in [1.29, 1.82) is 0 Å². The Morgan fingerprint density at radius 3 is 2.79 bits per heavy atom. The Labute approximate surface area is 177 Å². The Bertz CT molecular complexity index is 1080. The lowest BCUT2D eigenvalue weighted by molar-refractivity contribution is -0.142. The summed E-state index contributed by atoms with van der Waals surface area (Å²) in [4.78, 5) is 21.0. The molecular formula is C22H21FN2O2S2. The van der Waals surface area contributed by atoms with Gasteiger partial charge in [0.25, 0.3) is 0 Å². The fraction of sp³-hybridized carbons (Fsp3) is 0.273. The molecule has 0 spiro atoms. The van der Waals surface area contributed by atoms with E-state index in [1.807, 2.05) is 6.07 Å². The summed E-state index contributed by atoms with van der Waals surface area (Å²) >= 11 is 3.17. The molecule has 1 atom stereocenters. The molecule has 2 N–H and O–H groups in total. The second kappa shape index (κ2) is 8.24. The fourth-order valence-corrected chi connectivity index (χ4v) is 5.52. The summed E-state index contributed by atoms with van der Waals surface area (Å²) < 4.78 is 13.4. The summed E-state index contributed by atoms with van der Waals surface area (Å²) in [6, 6.07) is 14.8. The van der Waals surface area contributed by atoms with Crippen LogP contribution in [0.1, 0.15) is 18.2 Å². The van der Waals surface area contributed by atoms with Crippen LogP contribution < -0.4 is 0 Å². The first-order chi connectivity index (χ1) is 14.0. The van der Waals surface area contributed by atoms with Gasteiger partial charge in [-0.25, -0.2) is 9.18 Å². The predicted octanol–water partition coefficient (Wildman–Crippen LogP) is 5.17. The number of carbonyl (C=O) groups is 1. The van der Waals surface area contributed by atoms with Gasteiger partial charge in [-0.15, -0.1) is 23.5 Å². The maximum atomic E-state index is 13.4. The summed E-state index contributed by atoms with van der Waals surface area (Å²) in [5.74, 6) is -0.193. The first kappa shape index (κ1) is 20.0. The first-order valence-corrected chi connectivity index (χ1v) is 11.4. The number of hydrogen-bond acceptors (Lipinski definition) is 4. The van der Waals surface area contributed by atoms with Crippen molar-refractivity contribution >= 4 is 45.4 Å². The van der Waals surface area contributed by atoms with Gasteiger partial charge in [-0.3, -0.25) is 4.99 Å². The van der Waals surface area contributed by atoms with Crippen LogP contribution in [-0.4, -0.2) is 38.1 Å². The zero-order valence-corrected chi connectivity index (χ0v) is 17.6. The predicted molar refractivity (Wildman–Crippen MR) is 119 cm³/mol. The average Bonchev–Trinajstić information content (AvgIpc) is 3.31. The van der Waals surface area contributed by atoms with Crippen LogP contribution in [-0.2, 0) is 17.6 Å². The number of benzene rings is 2. The number of H-pyrrole nitrogens is 1. The van der Waals surface area contributed by atoms with E-state index in [2.05, 4.69) is 41.2 Å². The number of rotatable bonds is 7. The number of aromatic amines is 1. The average molecular weight is 429 g/mol. The van der Waals surface area contributed by atoms with E-state index in [-0.39, 0.29) is 12.2 Å². The molecule has 0 aliphatic carbocycles. The third-order valence-electron chi connectivity index (χ3n) is 5.03. The van der Waals surface area contributed by atoms with Gasteiger partial charge in [0.1, 0.15) is 5.82 Å². The summed E-state index contributed by atoms with van der Waals surface area (Å²) in [6.07, 6.45) is 1.26. The van der Waals surface area contributed by atoms with E-state index in [1.165, 1.54) is 29.5 Å². The molecule has 0 amide bonds. The van der Waals surface area contributed by atoms with Crippen LogP contribution in [0.5, 0.6) is 0 Å². The van der Waals surface area contributed by atoms with Gasteiger partial charge in [-0.05, 0) is 53.8 Å². The Kier molecular flexibility index (Phi) is 5.69. The van der Waals surface area contributed by atoms with Gasteiger partial charge in [-0.2, -0.15) is 0 Å². The lowest BCUT2D eigenvalue weighted by atomic mass is 9.96. The smallest absolute Gasteiger partial charge is 0.332 e. The highest BCUT2D eigenvalue weighted by molar-refractivity contribution is 8.16. The molecule has 0 saturated heterocycles. The van der Waals surface area contributed by atoms with Gasteiger partial charge in [0, 0.05) is 34.0 Å². The SMILES string of the molecule is CCc1ccc(SCC2=NC(Cc3cc4ccc(F)cc4[nH]3)(C(=O)O)CS2)cc1. The number of hydrogen-bond donors (Lipinski definition) is 2.